The van der Waals surface area contributed by atoms with Gasteiger partial charge >= 0.3 is 0 Å². The monoisotopic (exact) mass is 353 g/mol. The maximum Gasteiger partial charge on any atom is 0.236 e. The fourth-order valence-electron chi connectivity index (χ4n) is 3.12. The highest BCUT2D eigenvalue weighted by Crippen LogP contribution is 2.12. The van der Waals surface area contributed by atoms with E-state index in [4.69, 9.17) is 0 Å². The SMILES string of the molecule is CC(C)N(CC(=O)N1CCN(c2ncccn2)CC1)Cc1ccccc1. The predicted molar refractivity (Wildman–Crippen MR) is 103 cm³/mol. The largest absolute Gasteiger partial charge is 0.338 e. The molecule has 1 aliphatic rings. The Morgan fingerprint density at radius 3 is 2.31 bits per heavy atom. The molecule has 0 radical (unpaired) electrons. The van der Waals surface area contributed by atoms with Gasteiger partial charge in [-0.1, -0.05) is 30.3 Å². The highest BCUT2D eigenvalue weighted by Gasteiger charge is 2.24. The van der Waals surface area contributed by atoms with Crippen LogP contribution in [0.2, 0.25) is 0 Å². The van der Waals surface area contributed by atoms with E-state index in [1.807, 2.05) is 29.2 Å². The summed E-state index contributed by atoms with van der Waals surface area (Å²) in [5, 5.41) is 0. The normalized spacial score (nSPS) is 14.9. The van der Waals surface area contributed by atoms with E-state index in [2.05, 4.69) is 45.7 Å². The molecule has 1 aliphatic heterocycles. The van der Waals surface area contributed by atoms with Crippen LogP contribution in [-0.4, -0.2) is 64.4 Å². The number of rotatable bonds is 6. The molecule has 3 rings (SSSR count). The van der Waals surface area contributed by atoms with E-state index in [0.717, 1.165) is 25.6 Å². The van der Waals surface area contributed by atoms with Crippen molar-refractivity contribution >= 4 is 11.9 Å². The summed E-state index contributed by atoms with van der Waals surface area (Å²) in [6.45, 7) is 8.51. The minimum absolute atomic E-state index is 0.197. The van der Waals surface area contributed by atoms with Crippen molar-refractivity contribution in [2.75, 3.05) is 37.6 Å². The average molecular weight is 353 g/mol. The van der Waals surface area contributed by atoms with Crippen LogP contribution in [0.5, 0.6) is 0 Å². The van der Waals surface area contributed by atoms with E-state index < -0.39 is 0 Å². The standard InChI is InChI=1S/C20H27N5O/c1-17(2)25(15-18-7-4-3-5-8-18)16-19(26)23-11-13-24(14-12-23)20-21-9-6-10-22-20/h3-10,17H,11-16H2,1-2H3. The lowest BCUT2D eigenvalue weighted by Gasteiger charge is -2.36. The molecule has 0 spiro atoms. The Kier molecular flexibility index (Phi) is 6.17. The summed E-state index contributed by atoms with van der Waals surface area (Å²) in [5.74, 6) is 0.941. The van der Waals surface area contributed by atoms with E-state index in [-0.39, 0.29) is 5.91 Å². The van der Waals surface area contributed by atoms with Gasteiger partial charge in [0, 0.05) is 51.2 Å². The Morgan fingerprint density at radius 1 is 1.04 bits per heavy atom. The van der Waals surface area contributed by atoms with Crippen LogP contribution in [-0.2, 0) is 11.3 Å². The molecule has 0 unspecified atom stereocenters. The van der Waals surface area contributed by atoms with Crippen molar-refractivity contribution in [3.63, 3.8) is 0 Å². The third kappa shape index (κ3) is 4.79. The zero-order chi connectivity index (χ0) is 18.4. The summed E-state index contributed by atoms with van der Waals surface area (Å²) in [4.78, 5) is 27.7. The molecule has 1 amide bonds. The number of amides is 1. The maximum absolute atomic E-state index is 12.8. The second-order valence-electron chi connectivity index (χ2n) is 6.90. The zero-order valence-electron chi connectivity index (χ0n) is 15.6. The van der Waals surface area contributed by atoms with E-state index in [9.17, 15) is 4.79 Å². The fourth-order valence-corrected chi connectivity index (χ4v) is 3.12. The van der Waals surface area contributed by atoms with Gasteiger partial charge in [-0.2, -0.15) is 0 Å². The van der Waals surface area contributed by atoms with Gasteiger partial charge in [0.05, 0.1) is 6.54 Å². The first-order valence-corrected chi connectivity index (χ1v) is 9.21. The summed E-state index contributed by atoms with van der Waals surface area (Å²) in [6, 6.07) is 12.5. The minimum atomic E-state index is 0.197. The lowest BCUT2D eigenvalue weighted by Crippen LogP contribution is -2.52. The van der Waals surface area contributed by atoms with E-state index >= 15 is 0 Å². The van der Waals surface area contributed by atoms with E-state index in [1.165, 1.54) is 5.56 Å². The second kappa shape index (κ2) is 8.76. The summed E-state index contributed by atoms with van der Waals surface area (Å²) in [6.07, 6.45) is 3.51. The van der Waals surface area contributed by atoms with Gasteiger partial charge in [0.25, 0.3) is 0 Å². The number of nitrogens with zero attached hydrogens (tertiary/aromatic N) is 5. The van der Waals surface area contributed by atoms with Crippen LogP contribution in [0.25, 0.3) is 0 Å². The number of carbonyl (C=O) groups excluding carboxylic acids is 1. The number of carbonyl (C=O) groups is 1. The first kappa shape index (κ1) is 18.3. The first-order valence-electron chi connectivity index (χ1n) is 9.21. The molecule has 6 nitrogen and oxygen atoms in total. The van der Waals surface area contributed by atoms with Crippen molar-refractivity contribution < 1.29 is 4.79 Å². The van der Waals surface area contributed by atoms with Gasteiger partial charge in [-0.15, -0.1) is 0 Å². The van der Waals surface area contributed by atoms with Crippen molar-refractivity contribution in [3.8, 4) is 0 Å². The topological polar surface area (TPSA) is 52.6 Å². The van der Waals surface area contributed by atoms with E-state index in [1.54, 1.807) is 12.4 Å². The Labute approximate surface area is 155 Å². The molecule has 0 atom stereocenters. The molecule has 0 N–H and O–H groups in total. The number of benzene rings is 1. The summed E-state index contributed by atoms with van der Waals surface area (Å²) in [5.41, 5.74) is 1.24. The molecule has 0 bridgehead atoms. The summed E-state index contributed by atoms with van der Waals surface area (Å²) < 4.78 is 0. The van der Waals surface area contributed by atoms with E-state index in [0.29, 0.717) is 25.7 Å². The highest BCUT2D eigenvalue weighted by atomic mass is 16.2. The fraction of sp³-hybridized carbons (Fsp3) is 0.450. The Balaban J connectivity index is 1.54. The summed E-state index contributed by atoms with van der Waals surface area (Å²) in [7, 11) is 0. The molecular weight excluding hydrogens is 326 g/mol. The smallest absolute Gasteiger partial charge is 0.236 e. The van der Waals surface area contributed by atoms with Gasteiger partial charge in [0.15, 0.2) is 0 Å². The minimum Gasteiger partial charge on any atom is -0.338 e. The third-order valence-corrected chi connectivity index (χ3v) is 4.76. The molecule has 1 fully saturated rings. The molecule has 1 saturated heterocycles. The molecule has 2 heterocycles. The number of anilines is 1. The van der Waals surface area contributed by atoms with Gasteiger partial charge in [0.1, 0.15) is 0 Å². The van der Waals surface area contributed by atoms with Crippen LogP contribution in [0.1, 0.15) is 19.4 Å². The molecule has 1 aromatic carbocycles. The van der Waals surface area contributed by atoms with Crippen LogP contribution in [0.3, 0.4) is 0 Å². The average Bonchev–Trinajstić information content (AvgIpc) is 2.69. The predicted octanol–water partition coefficient (Wildman–Crippen LogP) is 2.04. The Bertz CT molecular complexity index is 684. The lowest BCUT2D eigenvalue weighted by atomic mass is 10.2. The quantitative estimate of drug-likeness (QED) is 0.795. The number of hydrogen-bond donors (Lipinski definition) is 0. The van der Waals surface area contributed by atoms with Gasteiger partial charge in [-0.3, -0.25) is 9.69 Å². The lowest BCUT2D eigenvalue weighted by molar-refractivity contribution is -0.133. The third-order valence-electron chi connectivity index (χ3n) is 4.76. The van der Waals surface area contributed by atoms with Crippen molar-refractivity contribution in [1.82, 2.24) is 19.8 Å². The molecule has 0 saturated carbocycles. The van der Waals surface area contributed by atoms with Gasteiger partial charge in [-0.25, -0.2) is 9.97 Å². The van der Waals surface area contributed by atoms with Crippen LogP contribution >= 0.6 is 0 Å². The highest BCUT2D eigenvalue weighted by molar-refractivity contribution is 5.78. The second-order valence-corrected chi connectivity index (χ2v) is 6.90. The van der Waals surface area contributed by atoms with Gasteiger partial charge < -0.3 is 9.80 Å². The van der Waals surface area contributed by atoms with Crippen LogP contribution < -0.4 is 4.90 Å². The van der Waals surface area contributed by atoms with Crippen LogP contribution in [0.15, 0.2) is 48.8 Å². The number of hydrogen-bond acceptors (Lipinski definition) is 5. The van der Waals surface area contributed by atoms with Crippen molar-refractivity contribution in [3.05, 3.63) is 54.4 Å². The van der Waals surface area contributed by atoms with Gasteiger partial charge in [-0.05, 0) is 25.5 Å². The van der Waals surface area contributed by atoms with Crippen molar-refractivity contribution in [1.29, 1.82) is 0 Å². The van der Waals surface area contributed by atoms with Crippen LogP contribution in [0, 0.1) is 0 Å². The molecular formula is C20H27N5O. The number of aromatic nitrogens is 2. The first-order chi connectivity index (χ1) is 12.6. The maximum atomic E-state index is 12.8. The molecule has 138 valence electrons. The molecule has 26 heavy (non-hydrogen) atoms. The molecule has 0 aliphatic carbocycles. The molecule has 1 aromatic heterocycles. The molecule has 6 heteroatoms. The zero-order valence-corrected chi connectivity index (χ0v) is 15.6. The van der Waals surface area contributed by atoms with Crippen LogP contribution in [0.4, 0.5) is 5.95 Å². The number of piperazine rings is 1. The Morgan fingerprint density at radius 2 is 1.69 bits per heavy atom. The summed E-state index contributed by atoms with van der Waals surface area (Å²) >= 11 is 0. The van der Waals surface area contributed by atoms with Crippen molar-refractivity contribution in [2.45, 2.75) is 26.4 Å². The van der Waals surface area contributed by atoms with Gasteiger partial charge in [0.2, 0.25) is 11.9 Å². The Hall–Kier alpha value is -2.47. The van der Waals surface area contributed by atoms with Crippen molar-refractivity contribution in [2.24, 2.45) is 0 Å². The molecule has 2 aromatic rings.